The van der Waals surface area contributed by atoms with Crippen molar-refractivity contribution < 1.29 is 27.2 Å². The minimum atomic E-state index is -4.60. The van der Waals surface area contributed by atoms with Gasteiger partial charge in [0.15, 0.2) is 0 Å². The van der Waals surface area contributed by atoms with Crippen molar-refractivity contribution in [3.05, 3.63) is 42.0 Å². The SMILES string of the molecule is FC(F)(F)c1cc(-c2ccccc2)nc2onc(OCCN3CCOCC3)c12. The van der Waals surface area contributed by atoms with Crippen molar-refractivity contribution in [2.24, 2.45) is 0 Å². The quantitative estimate of drug-likeness (QED) is 0.660. The van der Waals surface area contributed by atoms with Crippen LogP contribution in [-0.4, -0.2) is 54.5 Å². The molecule has 3 heterocycles. The molecule has 0 saturated carbocycles. The number of halogens is 3. The van der Waals surface area contributed by atoms with Crippen molar-refractivity contribution in [1.82, 2.24) is 15.0 Å². The lowest BCUT2D eigenvalue weighted by Gasteiger charge is -2.26. The molecule has 0 radical (unpaired) electrons. The Morgan fingerprint density at radius 1 is 1.11 bits per heavy atom. The van der Waals surface area contributed by atoms with Gasteiger partial charge in [0.1, 0.15) is 12.0 Å². The van der Waals surface area contributed by atoms with Gasteiger partial charge >= 0.3 is 6.18 Å². The molecule has 1 saturated heterocycles. The number of benzene rings is 1. The van der Waals surface area contributed by atoms with Crippen molar-refractivity contribution in [3.8, 4) is 17.1 Å². The van der Waals surface area contributed by atoms with E-state index >= 15 is 0 Å². The lowest BCUT2D eigenvalue weighted by atomic mass is 10.1. The summed E-state index contributed by atoms with van der Waals surface area (Å²) in [5.41, 5.74) is -0.355. The first-order valence-electron chi connectivity index (χ1n) is 8.88. The Hall–Kier alpha value is -2.65. The van der Waals surface area contributed by atoms with Crippen molar-refractivity contribution in [1.29, 1.82) is 0 Å². The fourth-order valence-corrected chi connectivity index (χ4v) is 3.10. The minimum Gasteiger partial charge on any atom is -0.474 e. The van der Waals surface area contributed by atoms with Crippen LogP contribution in [0.3, 0.4) is 0 Å². The van der Waals surface area contributed by atoms with E-state index in [9.17, 15) is 13.2 Å². The highest BCUT2D eigenvalue weighted by Gasteiger charge is 2.37. The summed E-state index contributed by atoms with van der Waals surface area (Å²) < 4.78 is 57.0. The summed E-state index contributed by atoms with van der Waals surface area (Å²) in [6.45, 7) is 3.56. The van der Waals surface area contributed by atoms with Crippen molar-refractivity contribution in [2.45, 2.75) is 6.18 Å². The van der Waals surface area contributed by atoms with Crippen LogP contribution in [0.4, 0.5) is 13.2 Å². The van der Waals surface area contributed by atoms with Crippen LogP contribution in [0.15, 0.2) is 40.9 Å². The normalized spacial score (nSPS) is 15.8. The molecule has 2 aromatic heterocycles. The van der Waals surface area contributed by atoms with Crippen LogP contribution in [0.25, 0.3) is 22.4 Å². The molecule has 0 amide bonds. The molecular weight excluding hydrogens is 375 g/mol. The van der Waals surface area contributed by atoms with Gasteiger partial charge in [0, 0.05) is 25.2 Å². The molecule has 1 fully saturated rings. The van der Waals surface area contributed by atoms with E-state index in [1.54, 1.807) is 30.3 Å². The van der Waals surface area contributed by atoms with Gasteiger partial charge in [-0.25, -0.2) is 4.98 Å². The second-order valence-corrected chi connectivity index (χ2v) is 6.39. The number of nitrogens with zero attached hydrogens (tertiary/aromatic N) is 3. The lowest BCUT2D eigenvalue weighted by molar-refractivity contribution is -0.136. The minimum absolute atomic E-state index is 0.163. The summed E-state index contributed by atoms with van der Waals surface area (Å²) in [5, 5.41) is 3.43. The van der Waals surface area contributed by atoms with Crippen LogP contribution in [0.1, 0.15) is 5.56 Å². The van der Waals surface area contributed by atoms with Crippen molar-refractivity contribution >= 4 is 11.1 Å². The Morgan fingerprint density at radius 3 is 2.57 bits per heavy atom. The van der Waals surface area contributed by atoms with Crippen LogP contribution in [-0.2, 0) is 10.9 Å². The van der Waals surface area contributed by atoms with E-state index in [1.807, 2.05) is 0 Å². The first kappa shape index (κ1) is 18.7. The average molecular weight is 393 g/mol. The summed E-state index contributed by atoms with van der Waals surface area (Å²) in [6.07, 6.45) is -4.60. The molecule has 1 aliphatic rings. The van der Waals surface area contributed by atoms with E-state index in [0.717, 1.165) is 19.2 Å². The maximum absolute atomic E-state index is 13.7. The number of fused-ring (bicyclic) bond motifs is 1. The third-order valence-electron chi connectivity index (χ3n) is 4.54. The second kappa shape index (κ2) is 7.76. The van der Waals surface area contributed by atoms with Crippen LogP contribution < -0.4 is 4.74 Å². The molecule has 0 bridgehead atoms. The zero-order valence-corrected chi connectivity index (χ0v) is 14.9. The molecule has 1 aliphatic heterocycles. The third kappa shape index (κ3) is 3.95. The van der Waals surface area contributed by atoms with Gasteiger partial charge in [-0.15, -0.1) is 0 Å². The van der Waals surface area contributed by atoms with Gasteiger partial charge in [0.2, 0.25) is 0 Å². The molecular formula is C19H18F3N3O3. The number of hydrogen-bond acceptors (Lipinski definition) is 6. The van der Waals surface area contributed by atoms with Gasteiger partial charge < -0.3 is 14.0 Å². The standard InChI is InChI=1S/C19H18F3N3O3/c20-19(21,22)14-12-15(13-4-2-1-3-5-13)23-17-16(14)18(24-28-17)27-11-8-25-6-9-26-10-7-25/h1-5,12H,6-11H2. The Labute approximate surface area is 158 Å². The van der Waals surface area contributed by atoms with Crippen LogP contribution >= 0.6 is 0 Å². The molecule has 4 rings (SSSR count). The highest BCUT2D eigenvalue weighted by molar-refractivity contribution is 5.86. The summed E-state index contributed by atoms with van der Waals surface area (Å²) in [4.78, 5) is 6.32. The van der Waals surface area contributed by atoms with Gasteiger partial charge in [-0.3, -0.25) is 4.90 Å². The number of rotatable bonds is 5. The highest BCUT2D eigenvalue weighted by atomic mass is 19.4. The molecule has 0 atom stereocenters. The zero-order chi connectivity index (χ0) is 19.6. The molecule has 6 nitrogen and oxygen atoms in total. The first-order chi connectivity index (χ1) is 13.5. The van der Waals surface area contributed by atoms with Crippen molar-refractivity contribution in [3.63, 3.8) is 0 Å². The van der Waals surface area contributed by atoms with Gasteiger partial charge in [-0.1, -0.05) is 30.3 Å². The summed E-state index contributed by atoms with van der Waals surface area (Å²) >= 11 is 0. The summed E-state index contributed by atoms with van der Waals surface area (Å²) in [7, 11) is 0. The Bertz CT molecular complexity index is 938. The smallest absolute Gasteiger partial charge is 0.417 e. The number of hydrogen-bond donors (Lipinski definition) is 0. The fourth-order valence-electron chi connectivity index (χ4n) is 3.10. The van der Waals surface area contributed by atoms with Gasteiger partial charge in [-0.2, -0.15) is 13.2 Å². The number of pyridine rings is 1. The molecule has 0 spiro atoms. The van der Waals surface area contributed by atoms with E-state index in [4.69, 9.17) is 14.0 Å². The topological polar surface area (TPSA) is 60.6 Å². The van der Waals surface area contributed by atoms with E-state index < -0.39 is 11.7 Å². The van der Waals surface area contributed by atoms with Crippen LogP contribution in [0.5, 0.6) is 5.88 Å². The van der Waals surface area contributed by atoms with E-state index in [-0.39, 0.29) is 29.3 Å². The van der Waals surface area contributed by atoms with Crippen LogP contribution in [0.2, 0.25) is 0 Å². The molecule has 3 aromatic rings. The number of aromatic nitrogens is 2. The summed E-state index contributed by atoms with van der Waals surface area (Å²) in [6, 6.07) is 9.62. The predicted molar refractivity (Wildman–Crippen MR) is 95.0 cm³/mol. The number of morpholine rings is 1. The Balaban J connectivity index is 1.63. The maximum atomic E-state index is 13.7. The lowest BCUT2D eigenvalue weighted by Crippen LogP contribution is -2.38. The second-order valence-electron chi connectivity index (χ2n) is 6.39. The van der Waals surface area contributed by atoms with Gasteiger partial charge in [0.05, 0.1) is 24.5 Å². The first-order valence-corrected chi connectivity index (χ1v) is 8.88. The molecule has 0 N–H and O–H groups in total. The third-order valence-corrected chi connectivity index (χ3v) is 4.54. The monoisotopic (exact) mass is 393 g/mol. The molecule has 1 aromatic carbocycles. The van der Waals surface area contributed by atoms with Gasteiger partial charge in [-0.05, 0) is 11.2 Å². The molecule has 148 valence electrons. The molecule has 28 heavy (non-hydrogen) atoms. The summed E-state index contributed by atoms with van der Waals surface area (Å²) in [5.74, 6) is -0.192. The Kier molecular flexibility index (Phi) is 5.19. The molecule has 9 heteroatoms. The van der Waals surface area contributed by atoms with E-state index in [2.05, 4.69) is 15.0 Å². The van der Waals surface area contributed by atoms with Gasteiger partial charge in [0.25, 0.3) is 11.6 Å². The largest absolute Gasteiger partial charge is 0.474 e. The number of ether oxygens (including phenoxy) is 2. The molecule has 0 unspecified atom stereocenters. The zero-order valence-electron chi connectivity index (χ0n) is 14.9. The highest BCUT2D eigenvalue weighted by Crippen LogP contribution is 2.40. The van der Waals surface area contributed by atoms with E-state index in [0.29, 0.717) is 25.3 Å². The predicted octanol–water partition coefficient (Wildman–Crippen LogP) is 3.62. The molecule has 0 aliphatic carbocycles. The fraction of sp³-hybridized carbons (Fsp3) is 0.368. The number of alkyl halides is 3. The Morgan fingerprint density at radius 2 is 1.86 bits per heavy atom. The van der Waals surface area contributed by atoms with Crippen LogP contribution in [0, 0.1) is 0 Å². The van der Waals surface area contributed by atoms with E-state index in [1.165, 1.54) is 0 Å². The van der Waals surface area contributed by atoms with Crippen molar-refractivity contribution in [2.75, 3.05) is 39.5 Å². The maximum Gasteiger partial charge on any atom is 0.417 e. The average Bonchev–Trinajstić information content (AvgIpc) is 3.11.